The Balaban J connectivity index is 1.95. The van der Waals surface area contributed by atoms with Crippen molar-refractivity contribution in [2.24, 2.45) is 0 Å². The summed E-state index contributed by atoms with van der Waals surface area (Å²) in [6.45, 7) is 1.94. The van der Waals surface area contributed by atoms with Gasteiger partial charge in [-0.05, 0) is 24.6 Å². The zero-order valence-corrected chi connectivity index (χ0v) is 17.2. The van der Waals surface area contributed by atoms with Gasteiger partial charge >= 0.3 is 5.91 Å². The van der Waals surface area contributed by atoms with Crippen molar-refractivity contribution in [3.63, 3.8) is 0 Å². The molecule has 140 valence electrons. The van der Waals surface area contributed by atoms with Gasteiger partial charge in [0, 0.05) is 21.6 Å². The molecule has 3 aromatic rings. The smallest absolute Gasteiger partial charge is 0.301 e. The number of Topliss-reactive ketones (excluding diaryl/α,β-unsaturated/α-hetero) is 1. The molecule has 1 amide bonds. The predicted octanol–water partition coefficient (Wildman–Crippen LogP) is 4.84. The molecule has 28 heavy (non-hydrogen) atoms. The molecule has 2 aromatic carbocycles. The Morgan fingerprint density at radius 2 is 1.93 bits per heavy atom. The summed E-state index contributed by atoms with van der Waals surface area (Å²) in [6.07, 6.45) is 1.58. The molecule has 1 N–H and O–H groups in total. The van der Waals surface area contributed by atoms with Crippen LogP contribution in [0.15, 0.2) is 70.2 Å². The van der Waals surface area contributed by atoms with E-state index in [0.717, 1.165) is 10.0 Å². The number of anilines is 1. The normalized spacial score (nSPS) is 18.6. The predicted molar refractivity (Wildman–Crippen MR) is 112 cm³/mol. The van der Waals surface area contributed by atoms with Crippen molar-refractivity contribution in [2.75, 3.05) is 4.90 Å². The lowest BCUT2D eigenvalue weighted by atomic mass is 9.95. The molecule has 1 aromatic heterocycles. The molecule has 0 saturated carbocycles. The van der Waals surface area contributed by atoms with E-state index in [2.05, 4.69) is 20.9 Å². The fraction of sp³-hybridized carbons (Fsp3) is 0.0952. The Hall–Kier alpha value is -2.77. The van der Waals surface area contributed by atoms with Crippen LogP contribution in [0.5, 0.6) is 0 Å². The van der Waals surface area contributed by atoms with Crippen molar-refractivity contribution < 1.29 is 14.7 Å². The van der Waals surface area contributed by atoms with Crippen LogP contribution in [0.25, 0.3) is 5.76 Å². The molecule has 7 heteroatoms. The maximum Gasteiger partial charge on any atom is 0.301 e. The van der Waals surface area contributed by atoms with Crippen LogP contribution in [-0.4, -0.2) is 21.8 Å². The van der Waals surface area contributed by atoms with E-state index >= 15 is 0 Å². The Bertz CT molecular complexity index is 1090. The van der Waals surface area contributed by atoms with Gasteiger partial charge < -0.3 is 5.11 Å². The summed E-state index contributed by atoms with van der Waals surface area (Å²) in [5, 5.41) is 13.1. The first kappa shape index (κ1) is 18.6. The number of benzene rings is 2. The number of carbonyl (C=O) groups excluding carboxylic acids is 2. The number of hydrogen-bond donors (Lipinski definition) is 1. The first-order chi connectivity index (χ1) is 13.5. The van der Waals surface area contributed by atoms with Gasteiger partial charge in [-0.15, -0.1) is 11.3 Å². The number of halogens is 1. The number of aromatic nitrogens is 1. The monoisotopic (exact) mass is 454 g/mol. The van der Waals surface area contributed by atoms with E-state index in [1.807, 2.05) is 43.3 Å². The molecule has 1 saturated heterocycles. The van der Waals surface area contributed by atoms with E-state index in [9.17, 15) is 14.7 Å². The molecule has 4 rings (SSSR count). The highest BCUT2D eigenvalue weighted by Crippen LogP contribution is 2.43. The summed E-state index contributed by atoms with van der Waals surface area (Å²) >= 11 is 4.70. The average Bonchev–Trinajstić information content (AvgIpc) is 3.29. The molecule has 0 spiro atoms. The molecule has 1 fully saturated rings. The van der Waals surface area contributed by atoms with Gasteiger partial charge in [-0.25, -0.2) is 4.98 Å². The third-order valence-corrected chi connectivity index (χ3v) is 5.82. The standard InChI is InChI=1S/C21H15BrN2O3S/c1-12-5-7-13(8-6-12)18(25)16-17(14-3-2-4-15(22)11-14)24(20(27)19(16)26)21-23-9-10-28-21/h2-11,17,25H,1H3/b18-16+. The van der Waals surface area contributed by atoms with Crippen molar-refractivity contribution >= 4 is 49.8 Å². The third kappa shape index (κ3) is 3.16. The number of amides is 1. The van der Waals surface area contributed by atoms with Crippen LogP contribution in [0.1, 0.15) is 22.7 Å². The molecule has 0 bridgehead atoms. The van der Waals surface area contributed by atoms with Gasteiger partial charge in [-0.3, -0.25) is 14.5 Å². The average molecular weight is 455 g/mol. The Kier molecular flexibility index (Phi) is 4.87. The van der Waals surface area contributed by atoms with Gasteiger partial charge in [0.2, 0.25) is 0 Å². The molecule has 0 radical (unpaired) electrons. The van der Waals surface area contributed by atoms with E-state index in [-0.39, 0.29) is 11.3 Å². The highest BCUT2D eigenvalue weighted by Gasteiger charge is 2.47. The molecule has 1 unspecified atom stereocenters. The lowest BCUT2D eigenvalue weighted by Crippen LogP contribution is -2.29. The minimum atomic E-state index is -0.759. The van der Waals surface area contributed by atoms with Gasteiger partial charge in [-0.1, -0.05) is 57.9 Å². The fourth-order valence-corrected chi connectivity index (χ4v) is 4.31. The maximum atomic E-state index is 12.9. The second-order valence-corrected chi connectivity index (χ2v) is 8.19. The number of thiazole rings is 1. The summed E-state index contributed by atoms with van der Waals surface area (Å²) in [4.78, 5) is 31.3. The zero-order chi connectivity index (χ0) is 19.8. The van der Waals surface area contributed by atoms with Gasteiger partial charge in [0.25, 0.3) is 5.78 Å². The van der Waals surface area contributed by atoms with E-state index in [0.29, 0.717) is 16.3 Å². The Morgan fingerprint density at radius 1 is 1.18 bits per heavy atom. The summed E-state index contributed by atoms with van der Waals surface area (Å²) < 4.78 is 0.810. The number of ketones is 1. The van der Waals surface area contributed by atoms with Crippen molar-refractivity contribution in [2.45, 2.75) is 13.0 Å². The second kappa shape index (κ2) is 7.33. The maximum absolute atomic E-state index is 12.9. The minimum absolute atomic E-state index is 0.0575. The fourth-order valence-electron chi connectivity index (χ4n) is 3.22. The highest BCUT2D eigenvalue weighted by molar-refractivity contribution is 9.10. The van der Waals surface area contributed by atoms with E-state index in [4.69, 9.17) is 0 Å². The molecule has 5 nitrogen and oxygen atoms in total. The van der Waals surface area contributed by atoms with Gasteiger partial charge in [0.05, 0.1) is 11.6 Å². The number of rotatable bonds is 3. The van der Waals surface area contributed by atoms with Crippen molar-refractivity contribution in [1.29, 1.82) is 0 Å². The van der Waals surface area contributed by atoms with Gasteiger partial charge in [-0.2, -0.15) is 0 Å². The largest absolute Gasteiger partial charge is 0.507 e. The van der Waals surface area contributed by atoms with Gasteiger partial charge in [0.1, 0.15) is 5.76 Å². The van der Waals surface area contributed by atoms with Crippen LogP contribution in [0.2, 0.25) is 0 Å². The van der Waals surface area contributed by atoms with Crippen molar-refractivity contribution in [3.8, 4) is 0 Å². The van der Waals surface area contributed by atoms with Crippen LogP contribution in [0, 0.1) is 6.92 Å². The molecule has 1 aliphatic rings. The number of hydrogen-bond acceptors (Lipinski definition) is 5. The van der Waals surface area contributed by atoms with E-state index in [1.165, 1.54) is 16.2 Å². The van der Waals surface area contributed by atoms with Crippen LogP contribution >= 0.6 is 27.3 Å². The number of nitrogens with zero attached hydrogens (tertiary/aromatic N) is 2. The zero-order valence-electron chi connectivity index (χ0n) is 14.8. The quantitative estimate of drug-likeness (QED) is 0.349. The number of aliphatic hydroxyl groups excluding tert-OH is 1. The SMILES string of the molecule is Cc1ccc(/C(O)=C2\C(=O)C(=O)N(c3nccs3)C2c2cccc(Br)c2)cc1. The van der Waals surface area contributed by atoms with Gasteiger partial charge in [0.15, 0.2) is 5.13 Å². The number of aliphatic hydroxyl groups is 1. The third-order valence-electron chi connectivity index (χ3n) is 4.56. The molecule has 2 heterocycles. The summed E-state index contributed by atoms with van der Waals surface area (Å²) in [7, 11) is 0. The van der Waals surface area contributed by atoms with Crippen molar-refractivity contribution in [1.82, 2.24) is 4.98 Å². The number of aryl methyl sites for hydroxylation is 1. The Labute approximate surface area is 174 Å². The van der Waals surface area contributed by atoms with Crippen LogP contribution < -0.4 is 4.90 Å². The molecule has 0 aliphatic carbocycles. The topological polar surface area (TPSA) is 70.5 Å². The number of carbonyl (C=O) groups is 2. The lowest BCUT2D eigenvalue weighted by Gasteiger charge is -2.23. The lowest BCUT2D eigenvalue weighted by molar-refractivity contribution is -0.132. The summed E-state index contributed by atoms with van der Waals surface area (Å²) in [6, 6.07) is 13.7. The highest BCUT2D eigenvalue weighted by atomic mass is 79.9. The van der Waals surface area contributed by atoms with Crippen LogP contribution in [-0.2, 0) is 9.59 Å². The summed E-state index contributed by atoms with van der Waals surface area (Å²) in [5.41, 5.74) is 2.28. The molecular formula is C21H15BrN2O3S. The Morgan fingerprint density at radius 3 is 2.57 bits per heavy atom. The molecule has 1 atom stereocenters. The first-order valence-electron chi connectivity index (χ1n) is 8.50. The second-order valence-electron chi connectivity index (χ2n) is 6.40. The molecule has 1 aliphatic heterocycles. The van der Waals surface area contributed by atoms with E-state index < -0.39 is 17.7 Å². The minimum Gasteiger partial charge on any atom is -0.507 e. The van der Waals surface area contributed by atoms with Crippen molar-refractivity contribution in [3.05, 3.63) is 86.8 Å². The van der Waals surface area contributed by atoms with E-state index in [1.54, 1.807) is 23.7 Å². The first-order valence-corrected chi connectivity index (χ1v) is 10.2. The molecular weight excluding hydrogens is 440 g/mol. The van der Waals surface area contributed by atoms with Crippen LogP contribution in [0.4, 0.5) is 5.13 Å². The summed E-state index contributed by atoms with van der Waals surface area (Å²) in [5.74, 6) is -1.62. The van der Waals surface area contributed by atoms with Crippen LogP contribution in [0.3, 0.4) is 0 Å².